The fourth-order valence-electron chi connectivity index (χ4n) is 3.10. The first-order chi connectivity index (χ1) is 8.73. The molecule has 5 heteroatoms. The summed E-state index contributed by atoms with van der Waals surface area (Å²) in [4.78, 5) is 25.0. The van der Waals surface area contributed by atoms with Gasteiger partial charge in [-0.2, -0.15) is 0 Å². The van der Waals surface area contributed by atoms with Crippen molar-refractivity contribution in [3.63, 3.8) is 0 Å². The van der Waals surface area contributed by atoms with Crippen molar-refractivity contribution in [3.05, 3.63) is 0 Å². The Hall–Kier alpha value is -1.26. The molecule has 2 aliphatic rings. The van der Waals surface area contributed by atoms with Gasteiger partial charge in [0.05, 0.1) is 5.92 Å². The van der Waals surface area contributed by atoms with E-state index in [9.17, 15) is 14.7 Å². The van der Waals surface area contributed by atoms with Gasteiger partial charge in [0, 0.05) is 13.1 Å². The van der Waals surface area contributed by atoms with Crippen molar-refractivity contribution in [1.82, 2.24) is 4.90 Å². The first kappa shape index (κ1) is 14.2. The number of piperidine rings is 1. The third-order valence-corrected chi connectivity index (χ3v) is 4.32. The molecule has 108 valence electrons. The van der Waals surface area contributed by atoms with E-state index >= 15 is 0 Å². The molecule has 5 nitrogen and oxygen atoms in total. The molecule has 1 N–H and O–H groups in total. The average Bonchev–Trinajstić information content (AvgIpc) is 2.23. The minimum Gasteiger partial charge on any atom is -0.481 e. The third-order valence-electron chi connectivity index (χ3n) is 4.32. The van der Waals surface area contributed by atoms with E-state index < -0.39 is 23.6 Å². The molecule has 19 heavy (non-hydrogen) atoms. The summed E-state index contributed by atoms with van der Waals surface area (Å²) in [6.45, 7) is 6.34. The van der Waals surface area contributed by atoms with E-state index in [1.165, 1.54) is 0 Å². The van der Waals surface area contributed by atoms with Crippen molar-refractivity contribution in [2.75, 3.05) is 13.1 Å². The van der Waals surface area contributed by atoms with Crippen LogP contribution in [0.15, 0.2) is 0 Å². The highest BCUT2D eigenvalue weighted by molar-refractivity contribution is 5.74. The monoisotopic (exact) mass is 269 g/mol. The Kier molecular flexibility index (Phi) is 3.49. The molecule has 1 atom stereocenters. The Balaban J connectivity index is 2.03. The standard InChI is InChI=1S/C14H23NO4/c1-13(2,3)19-12(18)15-8-7-14(5-4-6-14)10(9-15)11(16)17/h10H,4-9H2,1-3H3,(H,16,17). The quantitative estimate of drug-likeness (QED) is 0.794. The van der Waals surface area contributed by atoms with Gasteiger partial charge in [0.1, 0.15) is 5.60 Å². The van der Waals surface area contributed by atoms with Crippen LogP contribution in [0.3, 0.4) is 0 Å². The summed E-state index contributed by atoms with van der Waals surface area (Å²) in [5, 5.41) is 9.39. The Morgan fingerprint density at radius 1 is 1.26 bits per heavy atom. The predicted octanol–water partition coefficient (Wildman–Crippen LogP) is 2.50. The van der Waals surface area contributed by atoms with E-state index in [1.807, 2.05) is 20.8 Å². The van der Waals surface area contributed by atoms with Crippen LogP contribution >= 0.6 is 0 Å². The lowest BCUT2D eigenvalue weighted by atomic mass is 9.57. The second-order valence-corrected chi connectivity index (χ2v) is 6.78. The molecule has 1 heterocycles. The first-order valence-corrected chi connectivity index (χ1v) is 6.94. The van der Waals surface area contributed by atoms with Crippen molar-refractivity contribution in [2.45, 2.75) is 52.1 Å². The highest BCUT2D eigenvalue weighted by atomic mass is 16.6. The Labute approximate surface area is 113 Å². The summed E-state index contributed by atoms with van der Waals surface area (Å²) >= 11 is 0. The van der Waals surface area contributed by atoms with Crippen LogP contribution in [0.2, 0.25) is 0 Å². The summed E-state index contributed by atoms with van der Waals surface area (Å²) < 4.78 is 5.32. The lowest BCUT2D eigenvalue weighted by Crippen LogP contribution is -2.55. The number of hydrogen-bond donors (Lipinski definition) is 1. The number of carboxylic acid groups (broad SMARTS) is 1. The largest absolute Gasteiger partial charge is 0.481 e. The second-order valence-electron chi connectivity index (χ2n) is 6.78. The van der Waals surface area contributed by atoms with Crippen LogP contribution in [0.25, 0.3) is 0 Å². The van der Waals surface area contributed by atoms with Crippen LogP contribution in [0.5, 0.6) is 0 Å². The van der Waals surface area contributed by atoms with Gasteiger partial charge in [0.25, 0.3) is 0 Å². The maximum atomic E-state index is 12.0. The molecule has 0 aromatic carbocycles. The van der Waals surface area contributed by atoms with Crippen LogP contribution in [-0.4, -0.2) is 40.8 Å². The van der Waals surface area contributed by atoms with Crippen LogP contribution in [0.1, 0.15) is 46.5 Å². The minimum absolute atomic E-state index is 0.0651. The molecule has 0 aromatic rings. The number of likely N-dealkylation sites (tertiary alicyclic amines) is 1. The van der Waals surface area contributed by atoms with Gasteiger partial charge in [0.15, 0.2) is 0 Å². The second kappa shape index (κ2) is 4.69. The van der Waals surface area contributed by atoms with Crippen molar-refractivity contribution < 1.29 is 19.4 Å². The number of ether oxygens (including phenoxy) is 1. The minimum atomic E-state index is -0.784. The van der Waals surface area contributed by atoms with Gasteiger partial charge in [-0.05, 0) is 45.4 Å². The van der Waals surface area contributed by atoms with Gasteiger partial charge in [-0.3, -0.25) is 4.79 Å². The molecule has 0 bridgehead atoms. The zero-order chi connectivity index (χ0) is 14.3. The number of carbonyl (C=O) groups is 2. The van der Waals surface area contributed by atoms with Crippen molar-refractivity contribution >= 4 is 12.1 Å². The van der Waals surface area contributed by atoms with Crippen molar-refractivity contribution in [2.24, 2.45) is 11.3 Å². The van der Waals surface area contributed by atoms with Crippen LogP contribution in [0, 0.1) is 11.3 Å². The Bertz CT molecular complexity index is 381. The highest BCUT2D eigenvalue weighted by Crippen LogP contribution is 2.52. The molecule has 2 rings (SSSR count). The van der Waals surface area contributed by atoms with E-state index in [0.29, 0.717) is 6.54 Å². The molecule has 1 saturated carbocycles. The van der Waals surface area contributed by atoms with E-state index in [1.54, 1.807) is 4.90 Å². The Morgan fingerprint density at radius 3 is 2.32 bits per heavy atom. The summed E-state index contributed by atoms with van der Waals surface area (Å²) in [5.74, 6) is -1.23. The van der Waals surface area contributed by atoms with Gasteiger partial charge in [-0.25, -0.2) is 4.79 Å². The molecule has 0 aromatic heterocycles. The van der Waals surface area contributed by atoms with E-state index in [4.69, 9.17) is 4.74 Å². The zero-order valence-electron chi connectivity index (χ0n) is 11.9. The molecule has 1 unspecified atom stereocenters. The molecule has 1 spiro atoms. The van der Waals surface area contributed by atoms with Crippen LogP contribution < -0.4 is 0 Å². The predicted molar refractivity (Wildman–Crippen MR) is 69.8 cm³/mol. The first-order valence-electron chi connectivity index (χ1n) is 6.94. The number of hydrogen-bond acceptors (Lipinski definition) is 3. The topological polar surface area (TPSA) is 66.8 Å². The maximum Gasteiger partial charge on any atom is 0.410 e. The molecule has 2 fully saturated rings. The van der Waals surface area contributed by atoms with Gasteiger partial charge in [-0.15, -0.1) is 0 Å². The fraction of sp³-hybridized carbons (Fsp3) is 0.857. The van der Waals surface area contributed by atoms with E-state index in [-0.39, 0.29) is 12.0 Å². The SMILES string of the molecule is CC(C)(C)OC(=O)N1CCC2(CCC2)C(C(=O)O)C1. The molecular formula is C14H23NO4. The number of nitrogens with zero attached hydrogens (tertiary/aromatic N) is 1. The average molecular weight is 269 g/mol. The molecule has 1 saturated heterocycles. The van der Waals surface area contributed by atoms with Crippen molar-refractivity contribution in [1.29, 1.82) is 0 Å². The normalized spacial score (nSPS) is 25.8. The van der Waals surface area contributed by atoms with Crippen LogP contribution in [-0.2, 0) is 9.53 Å². The smallest absolute Gasteiger partial charge is 0.410 e. The maximum absolute atomic E-state index is 12.0. The third kappa shape index (κ3) is 2.85. The van der Waals surface area contributed by atoms with Crippen LogP contribution in [0.4, 0.5) is 4.79 Å². The summed E-state index contributed by atoms with van der Waals surface area (Å²) in [5.41, 5.74) is -0.605. The summed E-state index contributed by atoms with van der Waals surface area (Å²) in [7, 11) is 0. The number of carboxylic acids is 1. The van der Waals surface area contributed by atoms with Gasteiger partial charge in [-0.1, -0.05) is 6.42 Å². The van der Waals surface area contributed by atoms with Gasteiger partial charge in [0.2, 0.25) is 0 Å². The molecular weight excluding hydrogens is 246 g/mol. The van der Waals surface area contributed by atoms with E-state index in [0.717, 1.165) is 25.7 Å². The number of aliphatic carboxylic acids is 1. The molecule has 0 radical (unpaired) electrons. The van der Waals surface area contributed by atoms with Crippen molar-refractivity contribution in [3.8, 4) is 0 Å². The van der Waals surface area contributed by atoms with E-state index in [2.05, 4.69) is 0 Å². The molecule has 1 aliphatic heterocycles. The van der Waals surface area contributed by atoms with Gasteiger partial charge < -0.3 is 14.7 Å². The summed E-state index contributed by atoms with van der Waals surface area (Å²) in [6.07, 6.45) is 3.45. The zero-order valence-corrected chi connectivity index (χ0v) is 11.9. The fourth-order valence-corrected chi connectivity index (χ4v) is 3.10. The number of carbonyl (C=O) groups excluding carboxylic acids is 1. The lowest BCUT2D eigenvalue weighted by Gasteiger charge is -2.51. The molecule has 1 aliphatic carbocycles. The number of rotatable bonds is 1. The molecule has 1 amide bonds. The Morgan fingerprint density at radius 2 is 1.89 bits per heavy atom. The number of amides is 1. The summed E-state index contributed by atoms with van der Waals surface area (Å²) in [6, 6.07) is 0. The van der Waals surface area contributed by atoms with Gasteiger partial charge >= 0.3 is 12.1 Å². The lowest BCUT2D eigenvalue weighted by molar-refractivity contribution is -0.154. The highest BCUT2D eigenvalue weighted by Gasteiger charge is 2.51.